The third-order valence-corrected chi connectivity index (χ3v) is 5.00. The lowest BCUT2D eigenvalue weighted by Crippen LogP contribution is -2.24. The number of rotatable bonds is 6. The summed E-state index contributed by atoms with van der Waals surface area (Å²) in [6.45, 7) is 6.12. The van der Waals surface area contributed by atoms with Crippen molar-refractivity contribution < 1.29 is 9.13 Å². The van der Waals surface area contributed by atoms with E-state index in [-0.39, 0.29) is 6.61 Å². The van der Waals surface area contributed by atoms with Crippen molar-refractivity contribution in [3.8, 4) is 23.1 Å². The van der Waals surface area contributed by atoms with Crippen molar-refractivity contribution in [2.75, 3.05) is 11.1 Å². The van der Waals surface area contributed by atoms with Gasteiger partial charge in [0.1, 0.15) is 47.1 Å². The Morgan fingerprint density at radius 2 is 1.97 bits per heavy atom. The summed E-state index contributed by atoms with van der Waals surface area (Å²) in [7, 11) is 0. The highest BCUT2D eigenvalue weighted by molar-refractivity contribution is 5.78. The lowest BCUT2D eigenvalue weighted by Gasteiger charge is -2.22. The number of nitrogens with one attached hydrogen (secondary N) is 1. The van der Waals surface area contributed by atoms with Gasteiger partial charge in [0, 0.05) is 11.8 Å². The summed E-state index contributed by atoms with van der Waals surface area (Å²) in [5.41, 5.74) is 8.21. The molecule has 0 saturated heterocycles. The fraction of sp³-hybridized carbons (Fsp3) is 0.200. The monoisotopic (exact) mass is 457 g/mol. The van der Waals surface area contributed by atoms with Crippen LogP contribution in [0.3, 0.4) is 0 Å². The van der Waals surface area contributed by atoms with Gasteiger partial charge in [-0.15, -0.1) is 0 Å². The summed E-state index contributed by atoms with van der Waals surface area (Å²) in [5.74, 6) is 1.14. The van der Waals surface area contributed by atoms with E-state index in [4.69, 9.17) is 15.6 Å². The molecule has 3 N–H and O–H groups in total. The Hall–Kier alpha value is -4.45. The number of pyridine rings is 2. The molecule has 0 spiro atoms. The van der Waals surface area contributed by atoms with E-state index in [1.54, 1.807) is 35.1 Å². The predicted molar refractivity (Wildman–Crippen MR) is 128 cm³/mol. The van der Waals surface area contributed by atoms with Gasteiger partial charge >= 0.3 is 0 Å². The molecule has 0 atom stereocenters. The molecule has 0 aliphatic carbocycles. The minimum Gasteiger partial charge on any atom is -0.485 e. The van der Waals surface area contributed by atoms with Crippen LogP contribution < -0.4 is 15.8 Å². The van der Waals surface area contributed by atoms with E-state index < -0.39 is 11.4 Å². The van der Waals surface area contributed by atoms with Gasteiger partial charge in [-0.3, -0.25) is 4.98 Å². The molecule has 172 valence electrons. The molecule has 3 heterocycles. The number of nitrogen functional groups attached to an aromatic ring is 1. The zero-order valence-corrected chi connectivity index (χ0v) is 19.1. The van der Waals surface area contributed by atoms with Gasteiger partial charge in [0.25, 0.3) is 0 Å². The first-order chi connectivity index (χ1) is 16.3. The maximum Gasteiger partial charge on any atom is 0.149 e. The summed E-state index contributed by atoms with van der Waals surface area (Å²) in [6.07, 6.45) is 2.81. The van der Waals surface area contributed by atoms with Gasteiger partial charge in [0.2, 0.25) is 0 Å². The Labute approximate surface area is 196 Å². The van der Waals surface area contributed by atoms with E-state index in [1.165, 1.54) is 6.07 Å². The molecule has 0 aliphatic heterocycles. The van der Waals surface area contributed by atoms with Crippen LogP contribution in [-0.2, 0) is 12.1 Å². The molecule has 0 amide bonds. The number of nitriles is 1. The highest BCUT2D eigenvalue weighted by Gasteiger charge is 2.26. The first kappa shape index (κ1) is 22.7. The van der Waals surface area contributed by atoms with Crippen LogP contribution >= 0.6 is 0 Å². The Morgan fingerprint density at radius 3 is 2.62 bits per heavy atom. The van der Waals surface area contributed by atoms with Crippen LogP contribution in [0.1, 0.15) is 32.0 Å². The van der Waals surface area contributed by atoms with Gasteiger partial charge in [-0.1, -0.05) is 12.1 Å². The number of nitrogens with zero attached hydrogens (tertiary/aromatic N) is 5. The molecule has 4 aromatic rings. The topological polar surface area (TPSA) is 115 Å². The molecule has 0 unspecified atom stereocenters. The molecule has 3 aromatic heterocycles. The van der Waals surface area contributed by atoms with Crippen LogP contribution in [0.4, 0.5) is 21.7 Å². The molecule has 0 aliphatic rings. The molecular weight excluding hydrogens is 433 g/mol. The Balaban J connectivity index is 1.73. The Kier molecular flexibility index (Phi) is 6.15. The minimum atomic E-state index is -0.418. The van der Waals surface area contributed by atoms with Crippen molar-refractivity contribution in [1.82, 2.24) is 19.7 Å². The number of hydrogen-bond acceptors (Lipinski definition) is 7. The zero-order chi connectivity index (χ0) is 24.3. The van der Waals surface area contributed by atoms with Crippen molar-refractivity contribution in [3.63, 3.8) is 0 Å². The van der Waals surface area contributed by atoms with E-state index in [0.717, 1.165) is 6.20 Å². The normalized spacial score (nSPS) is 11.1. The number of aromatic nitrogens is 4. The van der Waals surface area contributed by atoms with E-state index in [9.17, 15) is 9.65 Å². The van der Waals surface area contributed by atoms with Crippen molar-refractivity contribution in [1.29, 1.82) is 5.26 Å². The maximum absolute atomic E-state index is 13.1. The second-order valence-electron chi connectivity index (χ2n) is 8.62. The fourth-order valence-corrected chi connectivity index (χ4v) is 3.34. The minimum absolute atomic E-state index is 0.113. The van der Waals surface area contributed by atoms with Crippen LogP contribution in [0.2, 0.25) is 0 Å². The summed E-state index contributed by atoms with van der Waals surface area (Å²) in [5, 5.41) is 18.1. The number of anilines is 3. The number of hydrogen-bond donors (Lipinski definition) is 2. The number of benzene rings is 1. The van der Waals surface area contributed by atoms with Crippen molar-refractivity contribution in [3.05, 3.63) is 78.0 Å². The van der Waals surface area contributed by atoms with Gasteiger partial charge in [0.15, 0.2) is 0 Å². The van der Waals surface area contributed by atoms with Gasteiger partial charge in [-0.25, -0.2) is 14.1 Å². The van der Waals surface area contributed by atoms with Gasteiger partial charge in [0.05, 0.1) is 23.1 Å². The fourth-order valence-electron chi connectivity index (χ4n) is 3.34. The smallest absolute Gasteiger partial charge is 0.149 e. The first-order valence-corrected chi connectivity index (χ1v) is 10.6. The molecule has 9 heteroatoms. The number of nitrogens with two attached hydrogens (primary N) is 1. The van der Waals surface area contributed by atoms with Gasteiger partial charge in [-0.05, 0) is 57.2 Å². The van der Waals surface area contributed by atoms with Gasteiger partial charge < -0.3 is 15.8 Å². The zero-order valence-electron chi connectivity index (χ0n) is 19.1. The lowest BCUT2D eigenvalue weighted by atomic mass is 10.1. The van der Waals surface area contributed by atoms with E-state index in [0.29, 0.717) is 45.6 Å². The van der Waals surface area contributed by atoms with E-state index in [1.807, 2.05) is 39.0 Å². The van der Waals surface area contributed by atoms with Crippen LogP contribution in [0.15, 0.2) is 60.9 Å². The SMILES string of the molecule is CC(C)(C)n1nc(-c2ccc(N)c(OCc3ccc(F)cn3)c2)c(C#N)c1Nc1ccccn1. The molecule has 34 heavy (non-hydrogen) atoms. The molecule has 0 bridgehead atoms. The van der Waals surface area contributed by atoms with Crippen molar-refractivity contribution >= 4 is 17.3 Å². The van der Waals surface area contributed by atoms with E-state index in [2.05, 4.69) is 21.4 Å². The third kappa shape index (κ3) is 4.81. The molecule has 0 saturated carbocycles. The Bertz CT molecular complexity index is 1340. The highest BCUT2D eigenvalue weighted by atomic mass is 19.1. The molecule has 8 nitrogen and oxygen atoms in total. The van der Waals surface area contributed by atoms with Gasteiger partial charge in [-0.2, -0.15) is 10.4 Å². The second-order valence-corrected chi connectivity index (χ2v) is 8.62. The quantitative estimate of drug-likeness (QED) is 0.391. The van der Waals surface area contributed by atoms with Crippen molar-refractivity contribution in [2.24, 2.45) is 0 Å². The highest BCUT2D eigenvalue weighted by Crippen LogP contribution is 2.36. The average molecular weight is 458 g/mol. The molecular formula is C25H24FN7O. The standard InChI is InChI=1S/C25H24FN7O/c1-25(2,3)33-24(31-22-6-4-5-11-29-22)19(13-27)23(32-33)16-7-10-20(28)21(12-16)34-15-18-9-8-17(26)14-30-18/h4-12,14H,15,28H2,1-3H3,(H,29,31). The van der Waals surface area contributed by atoms with E-state index >= 15 is 0 Å². The second kappa shape index (κ2) is 9.19. The summed E-state index contributed by atoms with van der Waals surface area (Å²) in [4.78, 5) is 8.31. The maximum atomic E-state index is 13.1. The lowest BCUT2D eigenvalue weighted by molar-refractivity contribution is 0.303. The molecule has 0 fully saturated rings. The predicted octanol–water partition coefficient (Wildman–Crippen LogP) is 5.01. The summed E-state index contributed by atoms with van der Waals surface area (Å²) in [6, 6.07) is 15.9. The average Bonchev–Trinajstić information content (AvgIpc) is 3.19. The first-order valence-electron chi connectivity index (χ1n) is 10.6. The summed E-state index contributed by atoms with van der Waals surface area (Å²) < 4.78 is 20.7. The molecule has 4 rings (SSSR count). The van der Waals surface area contributed by atoms with Crippen LogP contribution in [-0.4, -0.2) is 19.7 Å². The number of ether oxygens (including phenoxy) is 1. The Morgan fingerprint density at radius 1 is 1.15 bits per heavy atom. The largest absolute Gasteiger partial charge is 0.485 e. The van der Waals surface area contributed by atoms with Crippen LogP contribution in [0.25, 0.3) is 11.3 Å². The third-order valence-electron chi connectivity index (χ3n) is 5.00. The molecule has 1 aromatic carbocycles. The summed E-state index contributed by atoms with van der Waals surface area (Å²) >= 11 is 0. The van der Waals surface area contributed by atoms with Crippen molar-refractivity contribution in [2.45, 2.75) is 32.9 Å². The molecule has 0 radical (unpaired) electrons. The number of halogens is 1. The van der Waals surface area contributed by atoms with Crippen LogP contribution in [0, 0.1) is 17.1 Å². The van der Waals surface area contributed by atoms with Crippen LogP contribution in [0.5, 0.6) is 5.75 Å².